The van der Waals surface area contributed by atoms with Crippen LogP contribution in [0.5, 0.6) is 0 Å². The lowest BCUT2D eigenvalue weighted by Crippen LogP contribution is -2.49. The van der Waals surface area contributed by atoms with E-state index in [0.29, 0.717) is 11.1 Å². The van der Waals surface area contributed by atoms with Gasteiger partial charge in [0.2, 0.25) is 5.91 Å². The fourth-order valence-electron chi connectivity index (χ4n) is 4.28. The zero-order chi connectivity index (χ0) is 21.0. The maximum Gasteiger partial charge on any atom is 0.418 e. The fourth-order valence-corrected chi connectivity index (χ4v) is 4.28. The van der Waals surface area contributed by atoms with Crippen LogP contribution in [0.4, 0.5) is 23.7 Å². The minimum absolute atomic E-state index is 0.0186. The second kappa shape index (κ2) is 6.64. The molecule has 156 valence electrons. The Balaban J connectivity index is 1.46. The summed E-state index contributed by atoms with van der Waals surface area (Å²) in [6.07, 6.45) is -2.66. The summed E-state index contributed by atoms with van der Waals surface area (Å²) in [5.74, 6) is -0.643. The highest BCUT2D eigenvalue weighted by Gasteiger charge is 2.55. The van der Waals surface area contributed by atoms with Crippen LogP contribution in [0.3, 0.4) is 0 Å². The number of anilines is 1. The molecule has 4 amide bonds. The van der Waals surface area contributed by atoms with E-state index in [-0.39, 0.29) is 43.4 Å². The van der Waals surface area contributed by atoms with Crippen LogP contribution in [0, 0.1) is 5.92 Å². The smallest absolute Gasteiger partial charge is 0.388 e. The zero-order valence-corrected chi connectivity index (χ0v) is 15.8. The van der Waals surface area contributed by atoms with Gasteiger partial charge in [0.05, 0.1) is 5.56 Å². The molecule has 1 saturated heterocycles. The Morgan fingerprint density at radius 1 is 1.24 bits per heavy atom. The molecule has 1 aromatic carbocycles. The Hall–Kier alpha value is -2.78. The van der Waals surface area contributed by atoms with Crippen molar-refractivity contribution in [2.75, 3.05) is 12.4 Å². The Bertz CT molecular complexity index is 897. The van der Waals surface area contributed by atoms with Gasteiger partial charge in [-0.2, -0.15) is 13.2 Å². The number of rotatable bonds is 5. The number of hydrogen-bond acceptors (Lipinski definition) is 4. The minimum atomic E-state index is -4.49. The topological polar surface area (TPSA) is 90.5 Å². The van der Waals surface area contributed by atoms with Crippen molar-refractivity contribution in [2.24, 2.45) is 5.92 Å². The van der Waals surface area contributed by atoms with Gasteiger partial charge in [0.1, 0.15) is 5.54 Å². The lowest BCUT2D eigenvalue weighted by Gasteiger charge is -2.26. The van der Waals surface area contributed by atoms with Gasteiger partial charge in [-0.25, -0.2) is 4.79 Å². The third kappa shape index (κ3) is 3.40. The zero-order valence-electron chi connectivity index (χ0n) is 15.8. The maximum absolute atomic E-state index is 13.3. The first-order valence-corrected chi connectivity index (χ1v) is 9.46. The highest BCUT2D eigenvalue weighted by molar-refractivity contribution is 6.07. The number of benzene rings is 1. The number of alkyl halides is 3. The van der Waals surface area contributed by atoms with Crippen molar-refractivity contribution >= 4 is 23.5 Å². The summed E-state index contributed by atoms with van der Waals surface area (Å²) in [6.45, 7) is 0.312. The Morgan fingerprint density at radius 3 is 2.41 bits per heavy atom. The van der Waals surface area contributed by atoms with Crippen LogP contribution in [0.15, 0.2) is 12.1 Å². The number of urea groups is 1. The molecule has 3 N–H and O–H groups in total. The second-order valence-corrected chi connectivity index (χ2v) is 7.82. The number of amides is 4. The molecule has 0 spiro atoms. The van der Waals surface area contributed by atoms with Crippen LogP contribution in [-0.4, -0.2) is 35.3 Å². The van der Waals surface area contributed by atoms with Gasteiger partial charge in [-0.1, -0.05) is 0 Å². The lowest BCUT2D eigenvalue weighted by atomic mass is 9.88. The molecule has 4 rings (SSSR count). The number of carbonyl (C=O) groups excluding carboxylic acids is 3. The lowest BCUT2D eigenvalue weighted by molar-refractivity contribution is -0.137. The van der Waals surface area contributed by atoms with E-state index in [0.717, 1.165) is 18.9 Å². The average molecular weight is 410 g/mol. The third-order valence-corrected chi connectivity index (χ3v) is 5.97. The second-order valence-electron chi connectivity index (χ2n) is 7.82. The average Bonchev–Trinajstić information content (AvgIpc) is 3.35. The van der Waals surface area contributed by atoms with E-state index in [2.05, 4.69) is 16.0 Å². The molecule has 1 aromatic rings. The molecule has 3 aliphatic rings. The summed E-state index contributed by atoms with van der Waals surface area (Å²) in [6, 6.07) is 1.97. The number of halogens is 3. The molecule has 29 heavy (non-hydrogen) atoms. The van der Waals surface area contributed by atoms with Gasteiger partial charge >= 0.3 is 12.2 Å². The van der Waals surface area contributed by atoms with E-state index in [1.54, 1.807) is 0 Å². The highest BCUT2D eigenvalue weighted by atomic mass is 19.4. The number of fused-ring (bicyclic) bond motifs is 1. The molecule has 7 nitrogen and oxygen atoms in total. The predicted octanol–water partition coefficient (Wildman–Crippen LogP) is 2.36. The van der Waals surface area contributed by atoms with E-state index in [9.17, 15) is 27.6 Å². The minimum Gasteiger partial charge on any atom is -0.388 e. The van der Waals surface area contributed by atoms with E-state index in [1.807, 2.05) is 0 Å². The van der Waals surface area contributed by atoms with Gasteiger partial charge in [0, 0.05) is 32.2 Å². The number of nitrogens with one attached hydrogen (secondary N) is 3. The van der Waals surface area contributed by atoms with E-state index in [4.69, 9.17) is 0 Å². The van der Waals surface area contributed by atoms with Gasteiger partial charge in [0.15, 0.2) is 0 Å². The molecule has 1 aliphatic carbocycles. The molecule has 1 saturated carbocycles. The molecule has 0 unspecified atom stereocenters. The summed E-state index contributed by atoms with van der Waals surface area (Å²) in [5, 5.41) is 7.48. The number of carbonyl (C=O) groups is 3. The summed E-state index contributed by atoms with van der Waals surface area (Å²) < 4.78 is 39.8. The molecule has 2 fully saturated rings. The molecule has 0 radical (unpaired) electrons. The van der Waals surface area contributed by atoms with Crippen molar-refractivity contribution in [1.82, 2.24) is 15.5 Å². The molecule has 0 bridgehead atoms. The van der Waals surface area contributed by atoms with Crippen molar-refractivity contribution in [3.63, 3.8) is 0 Å². The third-order valence-electron chi connectivity index (χ3n) is 5.97. The van der Waals surface area contributed by atoms with Gasteiger partial charge < -0.3 is 15.5 Å². The summed E-state index contributed by atoms with van der Waals surface area (Å²) in [7, 11) is 1.42. The quantitative estimate of drug-likeness (QED) is 0.650. The molecular weight excluding hydrogens is 389 g/mol. The van der Waals surface area contributed by atoms with Crippen molar-refractivity contribution in [1.29, 1.82) is 0 Å². The van der Waals surface area contributed by atoms with Crippen LogP contribution in [0.1, 0.15) is 42.4 Å². The Labute approximate surface area is 165 Å². The molecular formula is C19H21F3N4O3. The first-order chi connectivity index (χ1) is 13.6. The van der Waals surface area contributed by atoms with E-state index in [1.165, 1.54) is 18.0 Å². The normalized spacial score (nSPS) is 23.7. The van der Waals surface area contributed by atoms with Crippen molar-refractivity contribution in [2.45, 2.75) is 50.5 Å². The summed E-state index contributed by atoms with van der Waals surface area (Å²) in [4.78, 5) is 38.1. The summed E-state index contributed by atoms with van der Waals surface area (Å²) >= 11 is 0. The van der Waals surface area contributed by atoms with Crippen LogP contribution in [0.2, 0.25) is 0 Å². The SMILES string of the molecule is CNc1cc2c(cc1C(F)(F)F)CN(C(=O)CC[C@@]1(C3CC3)NC(=O)NC1=O)C2. The molecule has 0 aromatic heterocycles. The van der Waals surface area contributed by atoms with Crippen molar-refractivity contribution in [3.8, 4) is 0 Å². The molecule has 2 aliphatic heterocycles. The van der Waals surface area contributed by atoms with Crippen LogP contribution in [-0.2, 0) is 28.9 Å². The molecule has 1 atom stereocenters. The maximum atomic E-state index is 13.3. The monoisotopic (exact) mass is 410 g/mol. The number of nitrogens with zero attached hydrogens (tertiary/aromatic N) is 1. The largest absolute Gasteiger partial charge is 0.418 e. The molecule has 10 heteroatoms. The molecule has 2 heterocycles. The van der Waals surface area contributed by atoms with Crippen LogP contribution >= 0.6 is 0 Å². The first-order valence-electron chi connectivity index (χ1n) is 9.46. The van der Waals surface area contributed by atoms with E-state index < -0.39 is 29.2 Å². The number of hydrogen-bond donors (Lipinski definition) is 3. The van der Waals surface area contributed by atoms with Crippen LogP contribution < -0.4 is 16.0 Å². The standard InChI is InChI=1S/C19H21F3N4O3/c1-23-14-7-11-9-26(8-10(11)6-13(14)19(20,21)22)15(27)4-5-18(12-2-3-12)16(28)24-17(29)25-18/h6-7,12,23H,2-5,8-9H2,1H3,(H2,24,25,28,29)/t18-/m0/s1. The van der Waals surface area contributed by atoms with Gasteiger partial charge in [-0.3, -0.25) is 14.9 Å². The van der Waals surface area contributed by atoms with Gasteiger partial charge in [-0.15, -0.1) is 0 Å². The van der Waals surface area contributed by atoms with Crippen molar-refractivity contribution < 1.29 is 27.6 Å². The van der Waals surface area contributed by atoms with Gasteiger partial charge in [-0.05, 0) is 48.4 Å². The Kier molecular flexibility index (Phi) is 4.47. The summed E-state index contributed by atoms with van der Waals surface area (Å²) in [5.41, 5.74) is -0.704. The van der Waals surface area contributed by atoms with Crippen molar-refractivity contribution in [3.05, 3.63) is 28.8 Å². The Morgan fingerprint density at radius 2 is 1.90 bits per heavy atom. The van der Waals surface area contributed by atoms with E-state index >= 15 is 0 Å². The highest BCUT2D eigenvalue weighted by Crippen LogP contribution is 2.44. The first kappa shape index (κ1) is 19.5. The fraction of sp³-hybridized carbons (Fsp3) is 0.526. The predicted molar refractivity (Wildman–Crippen MR) is 96.6 cm³/mol. The number of imide groups is 1. The van der Waals surface area contributed by atoms with Gasteiger partial charge in [0.25, 0.3) is 5.91 Å². The van der Waals surface area contributed by atoms with Crippen LogP contribution in [0.25, 0.3) is 0 Å².